The zero-order valence-electron chi connectivity index (χ0n) is 55.8. The minimum atomic E-state index is -1.24. The second kappa shape index (κ2) is 34.1. The van der Waals surface area contributed by atoms with Crippen LogP contribution >= 0.6 is 0 Å². The summed E-state index contributed by atoms with van der Waals surface area (Å²) >= 11 is 0. The van der Waals surface area contributed by atoms with Gasteiger partial charge in [0.15, 0.2) is 0 Å². The molecule has 4 aromatic carbocycles. The number of hydrogen-bond donors (Lipinski definition) is 6. The number of pyridine rings is 2. The number of unbranched alkanes of at least 4 members (excludes halogenated alkanes) is 2. The molecule has 94 heavy (non-hydrogen) atoms. The maximum absolute atomic E-state index is 15.4. The third-order valence-corrected chi connectivity index (χ3v) is 18.8. The van der Waals surface area contributed by atoms with E-state index in [1.165, 1.54) is 33.7 Å². The Bertz CT molecular complexity index is 3470. The highest BCUT2D eigenvalue weighted by Gasteiger charge is 2.44. The minimum Gasteiger partial charge on any atom is -0.354 e. The van der Waals surface area contributed by atoms with Crippen LogP contribution in [0.15, 0.2) is 97.1 Å². The fourth-order valence-electron chi connectivity index (χ4n) is 13.2. The van der Waals surface area contributed by atoms with Gasteiger partial charge in [-0.2, -0.15) is 0 Å². The van der Waals surface area contributed by atoms with E-state index in [4.69, 9.17) is 32.9 Å². The van der Waals surface area contributed by atoms with Crippen molar-refractivity contribution in [1.82, 2.24) is 50.0 Å². The number of hydrogen-bond acceptors (Lipinski definition) is 14. The van der Waals surface area contributed by atoms with Gasteiger partial charge < -0.3 is 63.0 Å². The van der Waals surface area contributed by atoms with Crippen molar-refractivity contribution < 1.29 is 38.4 Å². The number of likely N-dealkylation sites (tertiary alicyclic amines) is 2. The summed E-state index contributed by atoms with van der Waals surface area (Å²) in [5, 5.41) is 11.5. The molecule has 4 heterocycles. The third kappa shape index (κ3) is 16.7. The molecule has 22 heteroatoms. The second-order valence-electron chi connectivity index (χ2n) is 25.0. The first-order valence-electron chi connectivity index (χ1n) is 33.8. The molecule has 0 saturated carbocycles. The van der Waals surface area contributed by atoms with Gasteiger partial charge in [-0.3, -0.25) is 48.3 Å². The number of nitrogens with two attached hydrogens (primary N) is 4. The summed E-state index contributed by atoms with van der Waals surface area (Å²) in [6.45, 7) is 6.47. The van der Waals surface area contributed by atoms with E-state index >= 15 is 19.2 Å². The van der Waals surface area contributed by atoms with Gasteiger partial charge in [0.05, 0.1) is 33.5 Å². The van der Waals surface area contributed by atoms with Crippen LogP contribution in [-0.4, -0.2) is 203 Å². The molecule has 8 amide bonds. The van der Waals surface area contributed by atoms with Gasteiger partial charge in [-0.05, 0) is 187 Å². The Morgan fingerprint density at radius 2 is 0.851 bits per heavy atom. The molecule has 0 spiro atoms. The molecule has 3 unspecified atom stereocenters. The quantitative estimate of drug-likeness (QED) is 0.0161. The zero-order valence-corrected chi connectivity index (χ0v) is 55.8. The minimum absolute atomic E-state index is 0.112. The van der Waals surface area contributed by atoms with Crippen molar-refractivity contribution in [3.05, 3.63) is 120 Å². The van der Waals surface area contributed by atoms with Gasteiger partial charge in [0, 0.05) is 65.1 Å². The van der Waals surface area contributed by atoms with E-state index in [1.807, 2.05) is 98.8 Å². The van der Waals surface area contributed by atoms with E-state index < -0.39 is 59.9 Å². The van der Waals surface area contributed by atoms with Crippen LogP contribution in [0.3, 0.4) is 0 Å². The van der Waals surface area contributed by atoms with E-state index in [9.17, 15) is 19.2 Å². The van der Waals surface area contributed by atoms with E-state index in [0.29, 0.717) is 126 Å². The summed E-state index contributed by atoms with van der Waals surface area (Å²) in [4.78, 5) is 138. The SMILES string of the molecule is CCc1nc2cc3ccccc3cc2cc1C(=O)N1CCCC1C(=O)N(C)C(C/C=C/C[C@@H](C(=O)N(C)[C@@H](CCCCN)C(=O)NCCCN)N(C)C(=O)C1CCCN1C(=O)c1cc2cc3ccccc3cc2nc1CC)C(=O)N(C)[C@@H](CCCCN)C(=O)NCCCN. The Hall–Kier alpha value is -8.44. The van der Waals surface area contributed by atoms with Crippen LogP contribution in [0.25, 0.3) is 43.4 Å². The molecule has 504 valence electrons. The van der Waals surface area contributed by atoms with Crippen molar-refractivity contribution in [2.24, 2.45) is 22.9 Å². The van der Waals surface area contributed by atoms with Gasteiger partial charge in [-0.1, -0.05) is 74.5 Å². The Balaban J connectivity index is 1.12. The molecule has 2 aromatic heterocycles. The average molecular weight is 1290 g/mol. The molecule has 10 N–H and O–H groups in total. The number of nitrogens with one attached hydrogen (secondary N) is 2. The summed E-state index contributed by atoms with van der Waals surface area (Å²) < 4.78 is 0. The molecule has 2 aliphatic rings. The molecular formula is C72H98N14O8. The highest BCUT2D eigenvalue weighted by Crippen LogP contribution is 2.32. The first kappa shape index (κ1) is 71.4. The van der Waals surface area contributed by atoms with E-state index in [1.54, 1.807) is 36.0 Å². The van der Waals surface area contributed by atoms with Gasteiger partial charge in [-0.15, -0.1) is 0 Å². The summed E-state index contributed by atoms with van der Waals surface area (Å²) in [6.07, 6.45) is 9.64. The number of nitrogens with zero attached hydrogens (tertiary/aromatic N) is 8. The third-order valence-electron chi connectivity index (χ3n) is 18.8. The Labute approximate surface area is 552 Å². The fourth-order valence-corrected chi connectivity index (χ4v) is 13.2. The smallest absolute Gasteiger partial charge is 0.256 e. The number of fused-ring (bicyclic) bond motifs is 4. The van der Waals surface area contributed by atoms with Gasteiger partial charge in [0.2, 0.25) is 35.4 Å². The zero-order chi connectivity index (χ0) is 67.6. The van der Waals surface area contributed by atoms with Crippen LogP contribution in [0.2, 0.25) is 0 Å². The molecular weight excluding hydrogens is 1190 g/mol. The van der Waals surface area contributed by atoms with Crippen LogP contribution < -0.4 is 33.6 Å². The number of carbonyl (C=O) groups is 8. The standard InChI is InChI=1S/C72H98N14O8/c1-7-55-53(43-51-41-47-23-9-11-25-49(47)45-57(51)79-55)67(89)85-39-19-31-63(85)71(93)83(5)61(69(91)81(3)59(27-15-17-33-73)65(87)77-37-21-35-75)29-13-14-30-62(70(92)82(4)60(28-16-18-34-74)66(88)78-38-22-36-76)84(6)72(94)64-32-20-40-86(64)68(90)54-44-52-42-48-24-10-12-26-50(48)46-58(52)80-56(54)8-2/h9-14,23-26,41-46,59-64H,7-8,15-22,27-40,73-76H2,1-6H3,(H,77,87)(H,78,88)/b14-13+/t59-,60-,61-,62?,63?,64?/m0/s1. The van der Waals surface area contributed by atoms with E-state index in [-0.39, 0.29) is 75.5 Å². The Morgan fingerprint density at radius 1 is 0.489 bits per heavy atom. The van der Waals surface area contributed by atoms with Gasteiger partial charge in [0.25, 0.3) is 11.8 Å². The summed E-state index contributed by atoms with van der Waals surface area (Å²) in [5.74, 6) is -3.50. The first-order valence-corrected chi connectivity index (χ1v) is 33.8. The first-order chi connectivity index (χ1) is 45.4. The largest absolute Gasteiger partial charge is 0.354 e. The molecule has 0 aliphatic carbocycles. The lowest BCUT2D eigenvalue weighted by Crippen LogP contribution is -2.57. The van der Waals surface area contributed by atoms with Crippen LogP contribution in [-0.2, 0) is 41.6 Å². The fraction of sp³-hybridized carbons (Fsp3) is 0.500. The van der Waals surface area contributed by atoms with Crippen LogP contribution in [0.4, 0.5) is 0 Å². The molecule has 0 bridgehead atoms. The van der Waals surface area contributed by atoms with Crippen molar-refractivity contribution in [3.63, 3.8) is 0 Å². The lowest BCUT2D eigenvalue weighted by atomic mass is 10.0. The maximum atomic E-state index is 15.4. The maximum Gasteiger partial charge on any atom is 0.256 e. The number of rotatable bonds is 32. The van der Waals surface area contributed by atoms with E-state index in [0.717, 1.165) is 43.4 Å². The molecule has 6 aromatic rings. The predicted octanol–water partition coefficient (Wildman–Crippen LogP) is 5.96. The summed E-state index contributed by atoms with van der Waals surface area (Å²) in [5.41, 5.74) is 26.9. The number of carbonyl (C=O) groups excluding carboxylic acids is 8. The molecule has 6 atom stereocenters. The molecule has 2 fully saturated rings. The van der Waals surface area contributed by atoms with Crippen molar-refractivity contribution in [3.8, 4) is 0 Å². The van der Waals surface area contributed by atoms with Crippen molar-refractivity contribution >= 4 is 90.6 Å². The number of benzene rings is 4. The monoisotopic (exact) mass is 1290 g/mol. The molecule has 2 aliphatic heterocycles. The lowest BCUT2D eigenvalue weighted by Gasteiger charge is -2.37. The number of likely N-dealkylation sites (N-methyl/N-ethyl adjacent to an activating group) is 4. The summed E-state index contributed by atoms with van der Waals surface area (Å²) in [7, 11) is 6.15. The van der Waals surface area contributed by atoms with Crippen molar-refractivity contribution in [1.29, 1.82) is 0 Å². The normalized spacial score (nSPS) is 16.1. The second-order valence-corrected chi connectivity index (χ2v) is 25.0. The summed E-state index contributed by atoms with van der Waals surface area (Å²) in [6, 6.07) is 21.4. The van der Waals surface area contributed by atoms with Crippen molar-refractivity contribution in [2.45, 2.75) is 153 Å². The highest BCUT2D eigenvalue weighted by atomic mass is 16.2. The van der Waals surface area contributed by atoms with Crippen molar-refractivity contribution in [2.75, 3.05) is 80.5 Å². The number of aromatic nitrogens is 2. The van der Waals surface area contributed by atoms with Crippen LogP contribution in [0.5, 0.6) is 0 Å². The molecule has 2 saturated heterocycles. The average Bonchev–Trinajstić information content (AvgIpc) is 1.05. The molecule has 8 rings (SSSR count). The highest BCUT2D eigenvalue weighted by molar-refractivity contribution is 6.06. The molecule has 0 radical (unpaired) electrons. The van der Waals surface area contributed by atoms with Gasteiger partial charge in [0.1, 0.15) is 36.3 Å². The van der Waals surface area contributed by atoms with Gasteiger partial charge in [-0.25, -0.2) is 0 Å². The number of amides is 8. The Kier molecular flexibility index (Phi) is 25.9. The van der Waals surface area contributed by atoms with Gasteiger partial charge >= 0.3 is 0 Å². The predicted molar refractivity (Wildman–Crippen MR) is 369 cm³/mol. The molecule has 22 nitrogen and oxygen atoms in total. The van der Waals surface area contributed by atoms with E-state index in [2.05, 4.69) is 10.6 Å². The topological polar surface area (TPSA) is 310 Å². The Morgan fingerprint density at radius 3 is 1.20 bits per heavy atom. The number of aryl methyl sites for hydroxylation is 2. The van der Waals surface area contributed by atoms with Crippen LogP contribution in [0, 0.1) is 0 Å². The lowest BCUT2D eigenvalue weighted by molar-refractivity contribution is -0.149. The van der Waals surface area contributed by atoms with Crippen LogP contribution in [0.1, 0.15) is 136 Å².